The van der Waals surface area contributed by atoms with Crippen LogP contribution in [-0.2, 0) is 11.9 Å². The summed E-state index contributed by atoms with van der Waals surface area (Å²) in [5.74, 6) is 0. The number of benzene rings is 1. The number of hydrogen-bond acceptors (Lipinski definition) is 4. The monoisotopic (exact) mass is 358 g/mol. The van der Waals surface area contributed by atoms with E-state index in [0.717, 1.165) is 18.2 Å². The van der Waals surface area contributed by atoms with Crippen LogP contribution >= 0.6 is 10.5 Å². The summed E-state index contributed by atoms with van der Waals surface area (Å²) in [5.41, 5.74) is -4.15. The van der Waals surface area contributed by atoms with E-state index in [4.69, 9.17) is 18.6 Å². The Morgan fingerprint density at radius 1 is 1.09 bits per heavy atom. The first kappa shape index (κ1) is 19.1. The van der Waals surface area contributed by atoms with Gasteiger partial charge in [-0.2, -0.15) is 0 Å². The molecule has 0 fully saturated rings. The van der Waals surface area contributed by atoms with E-state index < -0.39 is 26.2 Å². The van der Waals surface area contributed by atoms with Crippen molar-refractivity contribution in [1.29, 1.82) is 0 Å². The minimum absolute atomic E-state index is 0.436. The van der Waals surface area contributed by atoms with Gasteiger partial charge in [0.05, 0.1) is 10.5 Å². The number of fused-ring (bicyclic) bond motifs is 1. The molecule has 0 aliphatic carbocycles. The molecule has 0 aliphatic rings. The van der Waals surface area contributed by atoms with Crippen LogP contribution in [0.3, 0.4) is 0 Å². The highest BCUT2D eigenvalue weighted by Gasteiger charge is 2.47. The third kappa shape index (κ3) is 6.07. The molecular weight excluding hydrogens is 345 g/mol. The first-order valence-electron chi connectivity index (χ1n) is 6.26. The molecule has 0 spiro atoms. The van der Waals surface area contributed by atoms with Crippen molar-refractivity contribution in [2.75, 3.05) is 0 Å². The molecule has 0 amide bonds. The van der Waals surface area contributed by atoms with Crippen LogP contribution < -0.4 is 18.6 Å². The lowest BCUT2D eigenvalue weighted by atomic mass is 10.2. The van der Waals surface area contributed by atoms with E-state index in [-0.39, 0.29) is 0 Å². The predicted molar refractivity (Wildman–Crippen MR) is 66.3 cm³/mol. The normalized spacial score (nSPS) is 13.0. The lowest BCUT2D eigenvalue weighted by molar-refractivity contribution is -2.00. The van der Waals surface area contributed by atoms with Crippen LogP contribution in [0.25, 0.3) is 10.1 Å². The van der Waals surface area contributed by atoms with Gasteiger partial charge in [0.1, 0.15) is 0 Å². The first-order chi connectivity index (χ1) is 10.0. The molecule has 1 aromatic carbocycles. The van der Waals surface area contributed by atoms with E-state index >= 15 is 0 Å². The van der Waals surface area contributed by atoms with Crippen LogP contribution in [0, 0.1) is 10.2 Å². The number of hydrogen-bond donors (Lipinski definition) is 0. The number of unbranched alkanes of at least 4 members (excludes halogenated alkanes) is 1. The molecule has 2 aromatic rings. The van der Waals surface area contributed by atoms with Gasteiger partial charge in [0, 0.05) is 17.9 Å². The number of thiophene rings is 1. The van der Waals surface area contributed by atoms with E-state index in [9.17, 15) is 13.2 Å². The van der Waals surface area contributed by atoms with Crippen molar-refractivity contribution in [3.63, 3.8) is 0 Å². The minimum Gasteiger partial charge on any atom is -0.222 e. The van der Waals surface area contributed by atoms with Gasteiger partial charge in [-0.3, -0.25) is 0 Å². The maximum atomic E-state index is 13.1. The largest absolute Gasteiger partial charge is 0.600 e. The summed E-state index contributed by atoms with van der Waals surface area (Å²) in [7, 11) is -6.64. The Bertz CT molecular complexity index is 601. The second kappa shape index (κ2) is 7.58. The average molecular weight is 359 g/mol. The Kier molecular flexibility index (Phi) is 6.60. The maximum Gasteiger partial charge on any atom is 0.600 e. The molecule has 0 N–H and O–H groups in total. The maximum absolute atomic E-state index is 13.1. The molecule has 124 valence electrons. The van der Waals surface area contributed by atoms with Gasteiger partial charge in [0.15, 0.2) is 9.58 Å². The second-order valence-electron chi connectivity index (χ2n) is 4.38. The average Bonchev–Trinajstić information content (AvgIpc) is 2.72. The van der Waals surface area contributed by atoms with E-state index in [2.05, 4.69) is 0 Å². The molecule has 4 nitrogen and oxygen atoms in total. The van der Waals surface area contributed by atoms with Gasteiger partial charge < -0.3 is 0 Å². The molecule has 0 radical (unpaired) electrons. The molecule has 1 atom stereocenters. The van der Waals surface area contributed by atoms with E-state index in [1.165, 1.54) is 0 Å². The van der Waals surface area contributed by atoms with E-state index in [0.29, 0.717) is 16.0 Å². The van der Waals surface area contributed by atoms with Crippen LogP contribution in [0.15, 0.2) is 30.3 Å². The van der Waals surface area contributed by atoms with Gasteiger partial charge in [-0.25, -0.2) is 18.6 Å². The Morgan fingerprint density at radius 3 is 2.14 bits per heavy atom. The molecule has 1 aromatic heterocycles. The van der Waals surface area contributed by atoms with Crippen molar-refractivity contribution in [1.82, 2.24) is 0 Å². The number of halogens is 4. The molecule has 0 saturated heterocycles. The van der Waals surface area contributed by atoms with Crippen LogP contribution in [0.4, 0.5) is 13.2 Å². The van der Waals surface area contributed by atoms with Crippen LogP contribution in [0.2, 0.25) is 0 Å². The van der Waals surface area contributed by atoms with E-state index in [1.54, 1.807) is 30.3 Å². The van der Waals surface area contributed by atoms with Gasteiger partial charge in [0.2, 0.25) is 0 Å². The zero-order valence-corrected chi connectivity index (χ0v) is 13.1. The van der Waals surface area contributed by atoms with E-state index in [1.807, 2.05) is 6.92 Å². The standard InChI is InChI=1S/C13H14F3S.ClHO4/c1-2-3-7-11-9-10-6-4-5-8-12(10)17(11)13(14,15)16;2-1(3,4)5/h4-6,8-9H,2-3,7H2,1H3;(H,2,3,4,5)/q+1;/p-1. The highest BCUT2D eigenvalue weighted by molar-refractivity contribution is 7.38. The van der Waals surface area contributed by atoms with Gasteiger partial charge in [-0.05, 0) is 18.6 Å². The SMILES string of the molecule is CCCCc1cc2ccccc2[s+]1C(F)(F)F.[O-][Cl+3]([O-])([O-])[O-]. The molecule has 9 heteroatoms. The van der Waals surface area contributed by atoms with Crippen molar-refractivity contribution < 1.29 is 42.1 Å². The van der Waals surface area contributed by atoms with Gasteiger partial charge in [-0.1, -0.05) is 25.5 Å². The van der Waals surface area contributed by atoms with Crippen molar-refractivity contribution in [3.05, 3.63) is 35.2 Å². The fourth-order valence-corrected chi connectivity index (χ4v) is 3.96. The number of alkyl halides is 3. The zero-order valence-electron chi connectivity index (χ0n) is 11.6. The molecule has 0 bridgehead atoms. The zero-order chi connectivity index (χ0) is 17.0. The molecule has 0 aliphatic heterocycles. The smallest absolute Gasteiger partial charge is 0.222 e. The summed E-state index contributed by atoms with van der Waals surface area (Å²) >= 11 is 0. The third-order valence-corrected chi connectivity index (χ3v) is 4.85. The van der Waals surface area contributed by atoms with Crippen molar-refractivity contribution >= 4 is 20.6 Å². The molecule has 22 heavy (non-hydrogen) atoms. The topological polar surface area (TPSA) is 92.2 Å². The lowest BCUT2D eigenvalue weighted by Gasteiger charge is -2.17. The van der Waals surface area contributed by atoms with Crippen LogP contribution in [-0.4, -0.2) is 0 Å². The molecule has 1 heterocycles. The summed E-state index contributed by atoms with van der Waals surface area (Å²) in [6, 6.07) is 8.56. The molecule has 2 rings (SSSR count). The van der Waals surface area contributed by atoms with Gasteiger partial charge >= 0.3 is 5.51 Å². The minimum atomic E-state index is -4.94. The number of rotatable bonds is 3. The van der Waals surface area contributed by atoms with Crippen molar-refractivity contribution in [2.45, 2.75) is 31.7 Å². The van der Waals surface area contributed by atoms with Crippen molar-refractivity contribution in [2.24, 2.45) is 0 Å². The van der Waals surface area contributed by atoms with Crippen LogP contribution in [0.1, 0.15) is 24.6 Å². The first-order valence-corrected chi connectivity index (χ1v) is 8.72. The lowest BCUT2D eigenvalue weighted by Crippen LogP contribution is -2.68. The van der Waals surface area contributed by atoms with Crippen LogP contribution in [0.5, 0.6) is 0 Å². The third-order valence-electron chi connectivity index (χ3n) is 2.73. The van der Waals surface area contributed by atoms with Crippen molar-refractivity contribution in [3.8, 4) is 0 Å². The Balaban J connectivity index is 0.000000422. The fourth-order valence-electron chi connectivity index (χ4n) is 1.96. The summed E-state index contributed by atoms with van der Waals surface area (Å²) in [5, 5.41) is 0.735. The Morgan fingerprint density at radius 2 is 1.64 bits per heavy atom. The molecule has 1 unspecified atom stereocenters. The highest BCUT2D eigenvalue weighted by atomic mass is 35.7. The summed E-state index contributed by atoms with van der Waals surface area (Å²) in [6.07, 6.45) is 2.29. The fraction of sp³-hybridized carbons (Fsp3) is 0.385. The quantitative estimate of drug-likeness (QED) is 0.753. The van der Waals surface area contributed by atoms with Gasteiger partial charge in [0.25, 0.3) is 0 Å². The highest BCUT2D eigenvalue weighted by Crippen LogP contribution is 2.51. The Hall–Kier alpha value is -0.900. The summed E-state index contributed by atoms with van der Waals surface area (Å²) in [4.78, 5) is 0.542. The summed E-state index contributed by atoms with van der Waals surface area (Å²) < 4.78 is 73.7. The Labute approximate surface area is 130 Å². The summed E-state index contributed by atoms with van der Waals surface area (Å²) in [6.45, 7) is 1.99. The van der Waals surface area contributed by atoms with Gasteiger partial charge in [-0.15, -0.1) is 23.4 Å². The number of aryl methyl sites for hydroxylation is 1. The second-order valence-corrected chi connectivity index (χ2v) is 7.18. The molecular formula is C13H14ClF3O4S. The predicted octanol–water partition coefficient (Wildman–Crippen LogP) is 0.652. The molecule has 0 saturated carbocycles.